The van der Waals surface area contributed by atoms with Gasteiger partial charge in [-0.05, 0) is 31.8 Å². The van der Waals surface area contributed by atoms with Gasteiger partial charge in [-0.15, -0.1) is 24.8 Å². The van der Waals surface area contributed by atoms with Crippen LogP contribution in [0, 0.1) is 5.92 Å². The number of halogens is 2. The number of nitrogens with two attached hydrogens (primary N) is 1. The summed E-state index contributed by atoms with van der Waals surface area (Å²) in [5.41, 5.74) is 5.63. The predicted molar refractivity (Wildman–Crippen MR) is 101 cm³/mol. The number of carbonyl (C=O) groups is 1. The number of likely N-dealkylation sites (N-methyl/N-ethyl adjacent to an activating group) is 1. The lowest BCUT2D eigenvalue weighted by Gasteiger charge is -2.29. The van der Waals surface area contributed by atoms with Crippen molar-refractivity contribution in [1.82, 2.24) is 9.80 Å². The highest BCUT2D eigenvalue weighted by atomic mass is 35.5. The maximum atomic E-state index is 12.7. The van der Waals surface area contributed by atoms with Crippen molar-refractivity contribution in [2.24, 2.45) is 11.7 Å². The van der Waals surface area contributed by atoms with Crippen molar-refractivity contribution in [2.45, 2.75) is 52.7 Å². The lowest BCUT2D eigenvalue weighted by atomic mass is 10.1. The van der Waals surface area contributed by atoms with Crippen molar-refractivity contribution in [3.63, 3.8) is 0 Å². The van der Waals surface area contributed by atoms with Gasteiger partial charge >= 0.3 is 0 Å². The minimum Gasteiger partial charge on any atom is -0.364 e. The second kappa shape index (κ2) is 13.2. The van der Waals surface area contributed by atoms with Gasteiger partial charge in [0.25, 0.3) is 5.91 Å². The first-order valence-electron chi connectivity index (χ1n) is 8.38. The van der Waals surface area contributed by atoms with E-state index in [-0.39, 0.29) is 42.9 Å². The Bertz CT molecular complexity index is 316. The molecule has 0 aromatic carbocycles. The number of ether oxygens (including phenoxy) is 1. The van der Waals surface area contributed by atoms with E-state index in [2.05, 4.69) is 32.6 Å². The number of amides is 1. The van der Waals surface area contributed by atoms with Crippen LogP contribution in [0.2, 0.25) is 0 Å². The Morgan fingerprint density at radius 1 is 1.17 bits per heavy atom. The third-order valence-electron chi connectivity index (χ3n) is 4.12. The van der Waals surface area contributed by atoms with Crippen molar-refractivity contribution in [3.05, 3.63) is 0 Å². The molecule has 0 unspecified atom stereocenters. The molecule has 7 heteroatoms. The standard InChI is InChI=1S/C16H33N3O2.2ClH/c1-5-18(6-2)9-10-19(12-13(3)4)16(20)15-8-7-14(11-17)21-15;;/h13-15H,5-12,17H2,1-4H3;2*1H/t14-,15+;;/m1../s1. The third-order valence-corrected chi connectivity index (χ3v) is 4.12. The Kier molecular flexibility index (Phi) is 14.5. The van der Waals surface area contributed by atoms with Gasteiger partial charge in [0, 0.05) is 26.2 Å². The highest BCUT2D eigenvalue weighted by Crippen LogP contribution is 2.21. The molecule has 0 aromatic rings. The molecule has 23 heavy (non-hydrogen) atoms. The molecule has 1 saturated heterocycles. The van der Waals surface area contributed by atoms with Gasteiger partial charge in [-0.25, -0.2) is 0 Å². The maximum Gasteiger partial charge on any atom is 0.251 e. The lowest BCUT2D eigenvalue weighted by molar-refractivity contribution is -0.143. The van der Waals surface area contributed by atoms with Gasteiger partial charge in [0.05, 0.1) is 6.10 Å². The highest BCUT2D eigenvalue weighted by Gasteiger charge is 2.33. The quantitative estimate of drug-likeness (QED) is 0.674. The van der Waals surface area contributed by atoms with Crippen LogP contribution in [0.15, 0.2) is 0 Å². The first kappa shape index (κ1) is 25.2. The first-order valence-corrected chi connectivity index (χ1v) is 8.38. The van der Waals surface area contributed by atoms with E-state index in [4.69, 9.17) is 10.5 Å². The average Bonchev–Trinajstić information content (AvgIpc) is 2.94. The summed E-state index contributed by atoms with van der Waals surface area (Å²) in [7, 11) is 0. The van der Waals surface area contributed by atoms with Crippen molar-refractivity contribution in [1.29, 1.82) is 0 Å². The molecule has 0 aliphatic carbocycles. The summed E-state index contributed by atoms with van der Waals surface area (Å²) in [6.07, 6.45) is 1.48. The Balaban J connectivity index is 0. The first-order chi connectivity index (χ1) is 10.0. The van der Waals surface area contributed by atoms with E-state index in [1.807, 2.05) is 4.90 Å². The molecule has 1 heterocycles. The second-order valence-electron chi connectivity index (χ2n) is 6.26. The molecule has 2 atom stereocenters. The Labute approximate surface area is 154 Å². The van der Waals surface area contributed by atoms with Crippen LogP contribution in [-0.4, -0.2) is 67.2 Å². The van der Waals surface area contributed by atoms with Gasteiger partial charge in [0.2, 0.25) is 0 Å². The van der Waals surface area contributed by atoms with Crippen LogP contribution < -0.4 is 5.73 Å². The topological polar surface area (TPSA) is 58.8 Å². The summed E-state index contributed by atoms with van der Waals surface area (Å²) in [5, 5.41) is 0. The van der Waals surface area contributed by atoms with E-state index in [1.54, 1.807) is 0 Å². The molecule has 1 aliphatic heterocycles. The van der Waals surface area contributed by atoms with Crippen LogP contribution >= 0.6 is 24.8 Å². The minimum absolute atomic E-state index is 0. The van der Waals surface area contributed by atoms with E-state index < -0.39 is 0 Å². The van der Waals surface area contributed by atoms with Crippen molar-refractivity contribution >= 4 is 30.7 Å². The molecule has 2 N–H and O–H groups in total. The van der Waals surface area contributed by atoms with Crippen LogP contribution in [-0.2, 0) is 9.53 Å². The maximum absolute atomic E-state index is 12.7. The number of hydrogen-bond donors (Lipinski definition) is 1. The monoisotopic (exact) mass is 371 g/mol. The summed E-state index contributed by atoms with van der Waals surface area (Å²) in [5.74, 6) is 0.615. The minimum atomic E-state index is -0.283. The fourth-order valence-corrected chi connectivity index (χ4v) is 2.80. The molecule has 0 aromatic heterocycles. The third kappa shape index (κ3) is 8.54. The smallest absolute Gasteiger partial charge is 0.251 e. The largest absolute Gasteiger partial charge is 0.364 e. The fraction of sp³-hybridized carbons (Fsp3) is 0.938. The normalized spacial score (nSPS) is 20.3. The molecular formula is C16H35Cl2N3O2. The molecule has 0 bridgehead atoms. The van der Waals surface area contributed by atoms with Crippen LogP contribution in [0.1, 0.15) is 40.5 Å². The SMILES string of the molecule is CCN(CC)CCN(CC(C)C)C(=O)[C@@H]1CC[C@H](CN)O1.Cl.Cl. The predicted octanol–water partition coefficient (Wildman–Crippen LogP) is 2.16. The zero-order valence-electron chi connectivity index (χ0n) is 15.0. The number of nitrogens with zero attached hydrogens (tertiary/aromatic N) is 2. The lowest BCUT2D eigenvalue weighted by Crippen LogP contribution is -2.45. The molecule has 1 aliphatic rings. The molecule has 1 rings (SSSR count). The van der Waals surface area contributed by atoms with E-state index in [0.29, 0.717) is 12.5 Å². The molecule has 0 spiro atoms. The Hall–Kier alpha value is -0.0700. The second-order valence-corrected chi connectivity index (χ2v) is 6.26. The molecule has 0 saturated carbocycles. The molecule has 5 nitrogen and oxygen atoms in total. The Morgan fingerprint density at radius 3 is 2.22 bits per heavy atom. The van der Waals surface area contributed by atoms with Crippen LogP contribution in [0.25, 0.3) is 0 Å². The molecular weight excluding hydrogens is 337 g/mol. The zero-order chi connectivity index (χ0) is 15.8. The summed E-state index contributed by atoms with van der Waals surface area (Å²) >= 11 is 0. The zero-order valence-corrected chi connectivity index (χ0v) is 16.6. The molecule has 1 fully saturated rings. The van der Waals surface area contributed by atoms with Gasteiger partial charge in [-0.1, -0.05) is 27.7 Å². The van der Waals surface area contributed by atoms with Gasteiger partial charge < -0.3 is 20.3 Å². The summed E-state index contributed by atoms with van der Waals surface area (Å²) in [6, 6.07) is 0. The highest BCUT2D eigenvalue weighted by molar-refractivity contribution is 5.85. The van der Waals surface area contributed by atoms with Gasteiger partial charge in [-0.2, -0.15) is 0 Å². The average molecular weight is 372 g/mol. The van der Waals surface area contributed by atoms with E-state index in [0.717, 1.165) is 45.6 Å². The van der Waals surface area contributed by atoms with Crippen LogP contribution in [0.3, 0.4) is 0 Å². The van der Waals surface area contributed by atoms with Gasteiger partial charge in [0.15, 0.2) is 0 Å². The van der Waals surface area contributed by atoms with Crippen molar-refractivity contribution in [3.8, 4) is 0 Å². The number of carbonyl (C=O) groups excluding carboxylic acids is 1. The van der Waals surface area contributed by atoms with Gasteiger partial charge in [0.1, 0.15) is 6.10 Å². The van der Waals surface area contributed by atoms with E-state index >= 15 is 0 Å². The molecule has 1 amide bonds. The molecule has 140 valence electrons. The van der Waals surface area contributed by atoms with Crippen LogP contribution in [0.5, 0.6) is 0 Å². The van der Waals surface area contributed by atoms with E-state index in [9.17, 15) is 4.79 Å². The van der Waals surface area contributed by atoms with Gasteiger partial charge in [-0.3, -0.25) is 4.79 Å². The number of rotatable bonds is 9. The summed E-state index contributed by atoms with van der Waals surface area (Å²) < 4.78 is 5.76. The van der Waals surface area contributed by atoms with Crippen molar-refractivity contribution < 1.29 is 9.53 Å². The summed E-state index contributed by atoms with van der Waals surface area (Å²) in [4.78, 5) is 17.0. The van der Waals surface area contributed by atoms with Crippen molar-refractivity contribution in [2.75, 3.05) is 39.3 Å². The summed E-state index contributed by atoms with van der Waals surface area (Å²) in [6.45, 7) is 13.7. The Morgan fingerprint density at radius 2 is 1.78 bits per heavy atom. The number of hydrogen-bond acceptors (Lipinski definition) is 4. The molecule has 0 radical (unpaired) electrons. The van der Waals surface area contributed by atoms with Crippen LogP contribution in [0.4, 0.5) is 0 Å². The fourth-order valence-electron chi connectivity index (χ4n) is 2.80. The van der Waals surface area contributed by atoms with E-state index in [1.165, 1.54) is 0 Å².